The van der Waals surface area contributed by atoms with Crippen LogP contribution in [-0.2, 0) is 0 Å². The highest BCUT2D eigenvalue weighted by Gasteiger charge is 2.07. The van der Waals surface area contributed by atoms with Gasteiger partial charge in [0.15, 0.2) is 0 Å². The molecule has 0 bridgehead atoms. The van der Waals surface area contributed by atoms with Crippen molar-refractivity contribution in [3.8, 4) is 0 Å². The summed E-state index contributed by atoms with van der Waals surface area (Å²) in [6, 6.07) is 6.39. The van der Waals surface area contributed by atoms with Gasteiger partial charge in [-0.25, -0.2) is 9.78 Å². The zero-order valence-corrected chi connectivity index (χ0v) is 10.4. The number of hydrogen-bond donors (Lipinski definition) is 2. The Kier molecular flexibility index (Phi) is 3.76. The Balaban J connectivity index is 2.26. The minimum Gasteiger partial charge on any atom is -0.477 e. The summed E-state index contributed by atoms with van der Waals surface area (Å²) in [4.78, 5) is 30.8. The van der Waals surface area contributed by atoms with Gasteiger partial charge < -0.3 is 10.8 Å². The number of carboxylic acids is 1. The molecule has 2 aromatic heterocycles. The van der Waals surface area contributed by atoms with Crippen LogP contribution in [0.2, 0.25) is 0 Å². The molecule has 0 saturated carbocycles. The first-order valence-electron chi connectivity index (χ1n) is 5.19. The van der Waals surface area contributed by atoms with Crippen molar-refractivity contribution in [1.82, 2.24) is 9.97 Å². The second-order valence-corrected chi connectivity index (χ2v) is 4.67. The van der Waals surface area contributed by atoms with E-state index in [9.17, 15) is 9.59 Å². The second-order valence-electron chi connectivity index (χ2n) is 3.53. The van der Waals surface area contributed by atoms with Gasteiger partial charge in [-0.1, -0.05) is 11.8 Å². The average Bonchev–Trinajstić information content (AvgIpc) is 2.39. The van der Waals surface area contributed by atoms with Crippen LogP contribution in [0.25, 0.3) is 0 Å². The molecule has 2 heterocycles. The number of nitrogens with two attached hydrogens (primary N) is 1. The number of pyridine rings is 2. The van der Waals surface area contributed by atoms with Gasteiger partial charge in [-0.3, -0.25) is 9.78 Å². The molecule has 1 amide bonds. The van der Waals surface area contributed by atoms with Crippen molar-refractivity contribution in [2.45, 2.75) is 9.79 Å². The molecule has 19 heavy (non-hydrogen) atoms. The van der Waals surface area contributed by atoms with E-state index in [0.29, 0.717) is 4.90 Å². The van der Waals surface area contributed by atoms with Gasteiger partial charge in [0.05, 0.1) is 0 Å². The molecule has 0 spiro atoms. The van der Waals surface area contributed by atoms with E-state index >= 15 is 0 Å². The minimum absolute atomic E-state index is 0.0332. The van der Waals surface area contributed by atoms with Crippen molar-refractivity contribution < 1.29 is 14.7 Å². The summed E-state index contributed by atoms with van der Waals surface area (Å²) in [6.45, 7) is 0. The molecule has 96 valence electrons. The molecule has 6 nitrogen and oxygen atoms in total. The second kappa shape index (κ2) is 5.49. The van der Waals surface area contributed by atoms with Crippen molar-refractivity contribution >= 4 is 23.6 Å². The maximum atomic E-state index is 11.0. The smallest absolute Gasteiger partial charge is 0.354 e. The first-order chi connectivity index (χ1) is 9.06. The molecule has 3 N–H and O–H groups in total. The molecule has 0 aliphatic rings. The zero-order chi connectivity index (χ0) is 13.8. The highest BCUT2D eigenvalue weighted by molar-refractivity contribution is 7.99. The fraction of sp³-hybridized carbons (Fsp3) is 0. The lowest BCUT2D eigenvalue weighted by molar-refractivity contribution is 0.0690. The number of carbonyl (C=O) groups is 2. The maximum Gasteiger partial charge on any atom is 0.354 e. The summed E-state index contributed by atoms with van der Waals surface area (Å²) in [5.41, 5.74) is 5.27. The van der Waals surface area contributed by atoms with Gasteiger partial charge in [0, 0.05) is 22.2 Å². The summed E-state index contributed by atoms with van der Waals surface area (Å²) >= 11 is 1.30. The van der Waals surface area contributed by atoms with Crippen LogP contribution in [0, 0.1) is 0 Å². The lowest BCUT2D eigenvalue weighted by Gasteiger charge is -2.03. The Bertz CT molecular complexity index is 590. The molecule has 0 aliphatic carbocycles. The van der Waals surface area contributed by atoms with Crippen molar-refractivity contribution in [2.75, 3.05) is 0 Å². The third-order valence-electron chi connectivity index (χ3n) is 2.17. The molecular formula is C12H9N3O3S. The van der Waals surface area contributed by atoms with Crippen molar-refractivity contribution in [2.24, 2.45) is 5.73 Å². The van der Waals surface area contributed by atoms with E-state index in [1.807, 2.05) is 0 Å². The lowest BCUT2D eigenvalue weighted by atomic mass is 10.3. The predicted octanol–water partition coefficient (Wildman–Crippen LogP) is 1.42. The highest BCUT2D eigenvalue weighted by Crippen LogP contribution is 2.27. The Morgan fingerprint density at radius 2 is 1.58 bits per heavy atom. The summed E-state index contributed by atoms with van der Waals surface area (Å²) in [5.74, 6) is -1.70. The molecule has 0 atom stereocenters. The molecule has 2 aromatic rings. The van der Waals surface area contributed by atoms with Gasteiger partial charge in [0.1, 0.15) is 11.4 Å². The topological polar surface area (TPSA) is 106 Å². The fourth-order valence-electron chi connectivity index (χ4n) is 1.34. The Hall–Kier alpha value is -2.41. The van der Waals surface area contributed by atoms with Crippen LogP contribution in [0.5, 0.6) is 0 Å². The van der Waals surface area contributed by atoms with E-state index in [0.717, 1.165) is 4.90 Å². The van der Waals surface area contributed by atoms with Gasteiger partial charge in [-0.15, -0.1) is 0 Å². The quantitative estimate of drug-likeness (QED) is 0.874. The van der Waals surface area contributed by atoms with E-state index in [1.165, 1.54) is 30.2 Å². The van der Waals surface area contributed by atoms with Crippen LogP contribution in [0.15, 0.2) is 46.5 Å². The van der Waals surface area contributed by atoms with E-state index in [-0.39, 0.29) is 11.4 Å². The van der Waals surface area contributed by atoms with Crippen LogP contribution in [-0.4, -0.2) is 27.0 Å². The van der Waals surface area contributed by atoms with Gasteiger partial charge in [-0.05, 0) is 24.3 Å². The lowest BCUT2D eigenvalue weighted by Crippen LogP contribution is -2.12. The fourth-order valence-corrected chi connectivity index (χ4v) is 2.21. The number of aromatic carboxylic acids is 1. The number of amides is 1. The summed E-state index contributed by atoms with van der Waals surface area (Å²) in [6.07, 6.45) is 2.89. The maximum absolute atomic E-state index is 11.0. The van der Waals surface area contributed by atoms with Crippen molar-refractivity contribution in [1.29, 1.82) is 0 Å². The number of primary amides is 1. The monoisotopic (exact) mass is 275 g/mol. The van der Waals surface area contributed by atoms with Crippen molar-refractivity contribution in [3.63, 3.8) is 0 Å². The van der Waals surface area contributed by atoms with Gasteiger partial charge in [0.2, 0.25) is 0 Å². The summed E-state index contributed by atoms with van der Waals surface area (Å²) < 4.78 is 0. The Morgan fingerprint density at radius 1 is 1.05 bits per heavy atom. The molecule has 0 saturated heterocycles. The first kappa shape index (κ1) is 13.0. The minimum atomic E-state index is -1.09. The first-order valence-corrected chi connectivity index (χ1v) is 6.01. The Morgan fingerprint density at radius 3 is 2.11 bits per heavy atom. The van der Waals surface area contributed by atoms with E-state index in [1.54, 1.807) is 18.2 Å². The third kappa shape index (κ3) is 3.29. The van der Waals surface area contributed by atoms with Gasteiger partial charge in [0.25, 0.3) is 5.91 Å². The molecule has 0 unspecified atom stereocenters. The van der Waals surface area contributed by atoms with Crippen LogP contribution < -0.4 is 5.73 Å². The number of carboxylic acid groups (broad SMARTS) is 1. The Labute approximate surface area is 112 Å². The molecule has 0 fully saturated rings. The molecular weight excluding hydrogens is 266 g/mol. The number of aromatic nitrogens is 2. The van der Waals surface area contributed by atoms with Crippen LogP contribution in [0.1, 0.15) is 21.0 Å². The molecule has 2 rings (SSSR count). The SMILES string of the molecule is NC(=O)c1cc(Sc2ccnc(C(=O)O)c2)ccn1. The van der Waals surface area contributed by atoms with Crippen LogP contribution in [0.4, 0.5) is 0 Å². The number of hydrogen-bond acceptors (Lipinski definition) is 5. The van der Waals surface area contributed by atoms with Crippen LogP contribution >= 0.6 is 11.8 Å². The standard InChI is InChI=1S/C12H9N3O3S/c13-11(16)9-5-7(1-3-14-9)19-8-2-4-15-10(6-8)12(17)18/h1-6H,(H2,13,16)(H,17,18). The number of rotatable bonds is 4. The summed E-state index contributed by atoms with van der Waals surface area (Å²) in [7, 11) is 0. The van der Waals surface area contributed by atoms with E-state index in [4.69, 9.17) is 10.8 Å². The normalized spacial score (nSPS) is 10.1. The predicted molar refractivity (Wildman–Crippen MR) is 68.1 cm³/mol. The molecule has 0 aromatic carbocycles. The van der Waals surface area contributed by atoms with Gasteiger partial charge in [-0.2, -0.15) is 0 Å². The molecule has 0 radical (unpaired) electrons. The van der Waals surface area contributed by atoms with E-state index < -0.39 is 11.9 Å². The van der Waals surface area contributed by atoms with Crippen LogP contribution in [0.3, 0.4) is 0 Å². The van der Waals surface area contributed by atoms with E-state index in [2.05, 4.69) is 9.97 Å². The number of carbonyl (C=O) groups excluding carboxylic acids is 1. The van der Waals surface area contributed by atoms with Crippen molar-refractivity contribution in [3.05, 3.63) is 48.0 Å². The molecule has 7 heteroatoms. The molecule has 0 aliphatic heterocycles. The number of nitrogens with zero attached hydrogens (tertiary/aromatic N) is 2. The van der Waals surface area contributed by atoms with Gasteiger partial charge >= 0.3 is 5.97 Å². The summed E-state index contributed by atoms with van der Waals surface area (Å²) in [5, 5.41) is 8.85. The highest BCUT2D eigenvalue weighted by atomic mass is 32.2. The zero-order valence-electron chi connectivity index (χ0n) is 9.61. The largest absolute Gasteiger partial charge is 0.477 e. The average molecular weight is 275 g/mol. The third-order valence-corrected chi connectivity index (χ3v) is 3.15.